The fourth-order valence-corrected chi connectivity index (χ4v) is 2.17. The normalized spacial score (nSPS) is 18.1. The summed E-state index contributed by atoms with van der Waals surface area (Å²) in [6.45, 7) is 4.94. The van der Waals surface area contributed by atoms with Crippen molar-refractivity contribution >= 4 is 11.5 Å². The lowest BCUT2D eigenvalue weighted by molar-refractivity contribution is 0.204. The van der Waals surface area contributed by atoms with Gasteiger partial charge in [0.2, 0.25) is 0 Å². The van der Waals surface area contributed by atoms with Gasteiger partial charge in [0.1, 0.15) is 5.82 Å². The molecule has 0 atom stereocenters. The third kappa shape index (κ3) is 3.31. The van der Waals surface area contributed by atoms with Gasteiger partial charge in [0.25, 0.3) is 0 Å². The van der Waals surface area contributed by atoms with Crippen LogP contribution in [0.25, 0.3) is 0 Å². The smallest absolute Gasteiger partial charge is 0.130 e. The maximum atomic E-state index is 8.95. The first kappa shape index (κ1) is 12.1. The lowest BCUT2D eigenvalue weighted by atomic mass is 10.3. The summed E-state index contributed by atoms with van der Waals surface area (Å²) in [5.74, 6) is 0.954. The third-order valence-electron chi connectivity index (χ3n) is 3.10. The Hall–Kier alpha value is -1.33. The highest BCUT2D eigenvalue weighted by atomic mass is 16.3. The van der Waals surface area contributed by atoms with Crippen molar-refractivity contribution in [1.29, 1.82) is 0 Å². The summed E-state index contributed by atoms with van der Waals surface area (Å²) >= 11 is 0. The highest BCUT2D eigenvalue weighted by Crippen LogP contribution is 2.15. The first-order valence-corrected chi connectivity index (χ1v) is 6.09. The van der Waals surface area contributed by atoms with E-state index in [2.05, 4.69) is 14.8 Å². The second-order valence-electron chi connectivity index (χ2n) is 4.35. The first-order valence-electron chi connectivity index (χ1n) is 6.09. The molecule has 94 valence electrons. The largest absolute Gasteiger partial charge is 0.399 e. The van der Waals surface area contributed by atoms with Gasteiger partial charge in [0.05, 0.1) is 6.61 Å². The molecule has 1 fully saturated rings. The number of nitrogens with two attached hydrogens (primary N) is 1. The molecule has 1 aromatic heterocycles. The maximum absolute atomic E-state index is 8.95. The van der Waals surface area contributed by atoms with Crippen molar-refractivity contribution in [3.05, 3.63) is 18.3 Å². The molecule has 1 aliphatic rings. The van der Waals surface area contributed by atoms with E-state index < -0.39 is 0 Å². The topological polar surface area (TPSA) is 65.6 Å². The molecule has 1 aromatic rings. The Kier molecular flexibility index (Phi) is 4.17. The molecule has 0 radical (unpaired) electrons. The van der Waals surface area contributed by atoms with Crippen molar-refractivity contribution in [2.24, 2.45) is 0 Å². The number of aliphatic hydroxyl groups is 1. The quantitative estimate of drug-likeness (QED) is 0.783. The molecule has 2 rings (SSSR count). The molecule has 5 nitrogen and oxygen atoms in total. The van der Waals surface area contributed by atoms with Gasteiger partial charge in [-0.15, -0.1) is 0 Å². The number of hydrogen-bond donors (Lipinski definition) is 2. The molecule has 0 aliphatic carbocycles. The number of β-amino-alcohol motifs (C(OH)–C–C–N with tert-alkyl or cyclic N) is 1. The predicted molar refractivity (Wildman–Crippen MR) is 69.0 cm³/mol. The Morgan fingerprint density at radius 3 is 2.94 bits per heavy atom. The van der Waals surface area contributed by atoms with Crippen molar-refractivity contribution in [1.82, 2.24) is 9.88 Å². The van der Waals surface area contributed by atoms with Gasteiger partial charge >= 0.3 is 0 Å². The van der Waals surface area contributed by atoms with E-state index in [0.717, 1.165) is 50.6 Å². The van der Waals surface area contributed by atoms with Crippen LogP contribution in [0.1, 0.15) is 6.42 Å². The van der Waals surface area contributed by atoms with E-state index in [9.17, 15) is 0 Å². The van der Waals surface area contributed by atoms with E-state index in [1.807, 2.05) is 6.07 Å². The average molecular weight is 236 g/mol. The summed E-state index contributed by atoms with van der Waals surface area (Å²) in [6.07, 6.45) is 2.84. The van der Waals surface area contributed by atoms with E-state index in [-0.39, 0.29) is 6.61 Å². The zero-order chi connectivity index (χ0) is 12.1. The van der Waals surface area contributed by atoms with E-state index in [1.54, 1.807) is 12.3 Å². The maximum Gasteiger partial charge on any atom is 0.130 e. The van der Waals surface area contributed by atoms with Crippen LogP contribution in [0, 0.1) is 0 Å². The Morgan fingerprint density at radius 1 is 1.29 bits per heavy atom. The van der Waals surface area contributed by atoms with Crippen LogP contribution in [0.5, 0.6) is 0 Å². The molecule has 0 saturated carbocycles. The van der Waals surface area contributed by atoms with Gasteiger partial charge in [-0.2, -0.15) is 0 Å². The van der Waals surface area contributed by atoms with Crippen LogP contribution in [-0.2, 0) is 0 Å². The number of pyridine rings is 1. The summed E-state index contributed by atoms with van der Waals surface area (Å²) in [4.78, 5) is 8.90. The second-order valence-corrected chi connectivity index (χ2v) is 4.35. The number of anilines is 2. The Morgan fingerprint density at radius 2 is 2.18 bits per heavy atom. The van der Waals surface area contributed by atoms with Crippen LogP contribution >= 0.6 is 0 Å². The zero-order valence-corrected chi connectivity index (χ0v) is 10.0. The van der Waals surface area contributed by atoms with Gasteiger partial charge in [-0.1, -0.05) is 0 Å². The number of nitrogens with zero attached hydrogens (tertiary/aromatic N) is 3. The average Bonchev–Trinajstić information content (AvgIpc) is 2.55. The van der Waals surface area contributed by atoms with Crippen LogP contribution in [0.4, 0.5) is 11.5 Å². The summed E-state index contributed by atoms with van der Waals surface area (Å²) < 4.78 is 0. The van der Waals surface area contributed by atoms with Crippen molar-refractivity contribution in [2.75, 3.05) is 50.0 Å². The van der Waals surface area contributed by atoms with E-state index in [0.29, 0.717) is 0 Å². The van der Waals surface area contributed by atoms with E-state index >= 15 is 0 Å². The Labute approximate surface area is 102 Å². The Balaban J connectivity index is 1.99. The molecule has 0 unspecified atom stereocenters. The molecule has 5 heteroatoms. The van der Waals surface area contributed by atoms with Gasteiger partial charge in [0.15, 0.2) is 0 Å². The zero-order valence-electron chi connectivity index (χ0n) is 10.0. The minimum absolute atomic E-state index is 0.233. The van der Waals surface area contributed by atoms with Gasteiger partial charge < -0.3 is 15.7 Å². The number of rotatable bonds is 3. The van der Waals surface area contributed by atoms with Crippen molar-refractivity contribution in [2.45, 2.75) is 6.42 Å². The summed E-state index contributed by atoms with van der Waals surface area (Å²) in [5, 5.41) is 8.95. The second kappa shape index (κ2) is 5.84. The molecule has 1 saturated heterocycles. The van der Waals surface area contributed by atoms with Gasteiger partial charge in [0, 0.05) is 44.1 Å². The lowest BCUT2D eigenvalue weighted by Crippen LogP contribution is -2.32. The lowest BCUT2D eigenvalue weighted by Gasteiger charge is -2.22. The minimum atomic E-state index is 0.233. The summed E-state index contributed by atoms with van der Waals surface area (Å²) in [7, 11) is 0. The molecule has 0 amide bonds. The number of nitrogen functional groups attached to an aromatic ring is 1. The van der Waals surface area contributed by atoms with Gasteiger partial charge in [-0.3, -0.25) is 4.90 Å². The third-order valence-corrected chi connectivity index (χ3v) is 3.10. The first-order chi connectivity index (χ1) is 8.29. The van der Waals surface area contributed by atoms with Crippen LogP contribution in [-0.4, -0.2) is 54.3 Å². The molecule has 3 N–H and O–H groups in total. The van der Waals surface area contributed by atoms with Crippen molar-refractivity contribution < 1.29 is 5.11 Å². The van der Waals surface area contributed by atoms with Crippen LogP contribution in [0.2, 0.25) is 0 Å². The molecule has 1 aliphatic heterocycles. The molecule has 0 spiro atoms. The number of aromatic nitrogens is 1. The molecular formula is C12H20N4O. The molecule has 17 heavy (non-hydrogen) atoms. The van der Waals surface area contributed by atoms with Crippen LogP contribution in [0.3, 0.4) is 0 Å². The molecule has 2 heterocycles. The monoisotopic (exact) mass is 236 g/mol. The minimum Gasteiger partial charge on any atom is -0.399 e. The molecule has 0 aromatic carbocycles. The van der Waals surface area contributed by atoms with E-state index in [4.69, 9.17) is 10.8 Å². The van der Waals surface area contributed by atoms with E-state index in [1.165, 1.54) is 0 Å². The Bertz CT molecular complexity index is 358. The number of hydrogen-bond acceptors (Lipinski definition) is 5. The number of aliphatic hydroxyl groups excluding tert-OH is 1. The highest BCUT2D eigenvalue weighted by Gasteiger charge is 2.15. The molecular weight excluding hydrogens is 216 g/mol. The van der Waals surface area contributed by atoms with Crippen LogP contribution < -0.4 is 10.6 Å². The molecule has 0 bridgehead atoms. The highest BCUT2D eigenvalue weighted by molar-refractivity contribution is 5.50. The van der Waals surface area contributed by atoms with Crippen molar-refractivity contribution in [3.8, 4) is 0 Å². The fourth-order valence-electron chi connectivity index (χ4n) is 2.17. The summed E-state index contributed by atoms with van der Waals surface area (Å²) in [5.41, 5.74) is 6.53. The van der Waals surface area contributed by atoms with Gasteiger partial charge in [-0.05, 0) is 19.0 Å². The predicted octanol–water partition coefficient (Wildman–Crippen LogP) is 0.168. The van der Waals surface area contributed by atoms with Gasteiger partial charge in [-0.25, -0.2) is 4.98 Å². The fraction of sp³-hybridized carbons (Fsp3) is 0.583. The van der Waals surface area contributed by atoms with Crippen molar-refractivity contribution in [3.63, 3.8) is 0 Å². The standard InChI is InChI=1S/C12H20N4O/c13-11-2-3-14-12(10-11)16-5-1-4-15(6-7-16)8-9-17/h2-3,10,17H,1,4-9H2,(H2,13,14). The van der Waals surface area contributed by atoms with Crippen LogP contribution in [0.15, 0.2) is 18.3 Å². The summed E-state index contributed by atoms with van der Waals surface area (Å²) in [6, 6.07) is 3.72. The SMILES string of the molecule is Nc1ccnc(N2CCCN(CCO)CC2)c1.